The molecule has 2 aromatic heterocycles. The van der Waals surface area contributed by atoms with Crippen molar-refractivity contribution in [3.63, 3.8) is 0 Å². The lowest BCUT2D eigenvalue weighted by Gasteiger charge is -2.17. The number of ether oxygens (including phenoxy) is 1. The fourth-order valence-corrected chi connectivity index (χ4v) is 3.25. The van der Waals surface area contributed by atoms with Gasteiger partial charge in [-0.3, -0.25) is 0 Å². The van der Waals surface area contributed by atoms with Crippen LogP contribution in [0.1, 0.15) is 25.4 Å². The summed E-state index contributed by atoms with van der Waals surface area (Å²) >= 11 is 5.64. The van der Waals surface area contributed by atoms with Crippen LogP contribution >= 0.6 is 11.6 Å². The Balaban J connectivity index is 1.86. The smallest absolute Gasteiger partial charge is 0.334 e. The fourth-order valence-electron chi connectivity index (χ4n) is 3.08. The molecule has 0 amide bonds. The number of benzene rings is 2. The maximum atomic E-state index is 15.2. The zero-order valence-electron chi connectivity index (χ0n) is 16.0. The molecule has 0 radical (unpaired) electrons. The number of rotatable bonds is 5. The number of hydrogen-bond donors (Lipinski definition) is 1. The lowest BCUT2D eigenvalue weighted by atomic mass is 10.00. The number of nitrogen functional groups attached to an aromatic ring is 1. The van der Waals surface area contributed by atoms with E-state index >= 15 is 4.39 Å². The molecule has 32 heavy (non-hydrogen) atoms. The van der Waals surface area contributed by atoms with E-state index in [2.05, 4.69) is 20.1 Å². The lowest BCUT2D eigenvalue weighted by Crippen LogP contribution is -2.09. The number of anilines is 1. The average Bonchev–Trinajstić information content (AvgIpc) is 3.24. The molecule has 0 aliphatic heterocycles. The van der Waals surface area contributed by atoms with Gasteiger partial charge in [0.05, 0.1) is 10.9 Å². The highest BCUT2D eigenvalue weighted by atomic mass is 35.5. The highest BCUT2D eigenvalue weighted by molar-refractivity contribution is 6.31. The number of nitrogens with two attached hydrogens (primary N) is 1. The molecule has 1 atom stereocenters. The maximum Gasteiger partial charge on any atom is 0.334 e. The summed E-state index contributed by atoms with van der Waals surface area (Å²) in [7, 11) is 0. The molecule has 0 unspecified atom stereocenters. The minimum atomic E-state index is -2.90. The molecule has 166 valence electrons. The van der Waals surface area contributed by atoms with Gasteiger partial charge in [-0.05, 0) is 19.1 Å². The third kappa shape index (κ3) is 3.66. The Morgan fingerprint density at radius 3 is 2.53 bits per heavy atom. The highest BCUT2D eigenvalue weighted by Crippen LogP contribution is 2.41. The molecule has 7 nitrogen and oxygen atoms in total. The first-order chi connectivity index (χ1) is 15.2. The zero-order chi connectivity index (χ0) is 23.2. The quantitative estimate of drug-likeness (QED) is 0.323. The van der Waals surface area contributed by atoms with E-state index in [1.165, 1.54) is 6.92 Å². The molecule has 0 spiro atoms. The summed E-state index contributed by atoms with van der Waals surface area (Å²) in [6, 6.07) is 2.79. The van der Waals surface area contributed by atoms with Gasteiger partial charge in [0.15, 0.2) is 17.7 Å². The minimum absolute atomic E-state index is 0.0175. The monoisotopic (exact) mass is 470 g/mol. The molecule has 0 saturated heterocycles. The van der Waals surface area contributed by atoms with Gasteiger partial charge in [-0.2, -0.15) is 13.5 Å². The van der Waals surface area contributed by atoms with Gasteiger partial charge in [-0.25, -0.2) is 28.1 Å². The largest absolute Gasteiger partial charge is 0.482 e. The van der Waals surface area contributed by atoms with Gasteiger partial charge in [-0.15, -0.1) is 5.10 Å². The van der Waals surface area contributed by atoms with Gasteiger partial charge in [0.2, 0.25) is 0 Å². The molecule has 2 aromatic carbocycles. The van der Waals surface area contributed by atoms with E-state index in [1.807, 2.05) is 0 Å². The Hall–Kier alpha value is -3.54. The van der Waals surface area contributed by atoms with Crippen molar-refractivity contribution >= 4 is 28.3 Å². The zero-order valence-corrected chi connectivity index (χ0v) is 16.8. The standard InChI is InChI=1S/C19H12ClF5N6O/c1-7(18-29-6-31(30-18)19(24)25)32-11-4-10(22)12(16-13(11)17(26)28-5-27-16)8-2-3-9(21)14(20)15(8)23/h2-7,19H,1H3,(H2,26,27,28)/t7-/m1/s1. The number of nitrogens with zero attached hydrogens (tertiary/aromatic N) is 5. The van der Waals surface area contributed by atoms with Gasteiger partial charge < -0.3 is 10.5 Å². The second-order valence-corrected chi connectivity index (χ2v) is 6.94. The first kappa shape index (κ1) is 21.7. The Morgan fingerprint density at radius 1 is 1.09 bits per heavy atom. The van der Waals surface area contributed by atoms with E-state index in [0.29, 0.717) is 4.68 Å². The van der Waals surface area contributed by atoms with Crippen molar-refractivity contribution < 1.29 is 26.7 Å². The first-order valence-corrected chi connectivity index (χ1v) is 9.29. The summed E-state index contributed by atoms with van der Waals surface area (Å²) in [5.74, 6) is -3.57. The average molecular weight is 471 g/mol. The summed E-state index contributed by atoms with van der Waals surface area (Å²) in [4.78, 5) is 11.6. The van der Waals surface area contributed by atoms with Crippen LogP contribution in [0.2, 0.25) is 5.02 Å². The summed E-state index contributed by atoms with van der Waals surface area (Å²) in [6.45, 7) is -1.45. The van der Waals surface area contributed by atoms with Crippen LogP contribution < -0.4 is 10.5 Å². The van der Waals surface area contributed by atoms with Crippen LogP contribution in [0, 0.1) is 17.5 Å². The van der Waals surface area contributed by atoms with Crippen molar-refractivity contribution in [1.29, 1.82) is 0 Å². The second-order valence-electron chi connectivity index (χ2n) is 6.56. The van der Waals surface area contributed by atoms with Crippen LogP contribution in [-0.4, -0.2) is 24.7 Å². The van der Waals surface area contributed by atoms with Crippen LogP contribution in [-0.2, 0) is 0 Å². The van der Waals surface area contributed by atoms with Crippen molar-refractivity contribution in [2.24, 2.45) is 0 Å². The fraction of sp³-hybridized carbons (Fsp3) is 0.158. The van der Waals surface area contributed by atoms with Crippen molar-refractivity contribution in [1.82, 2.24) is 24.7 Å². The molecule has 0 saturated carbocycles. The van der Waals surface area contributed by atoms with E-state index in [-0.39, 0.29) is 39.4 Å². The molecule has 0 fully saturated rings. The Labute approximate surface area is 181 Å². The number of aromatic nitrogens is 5. The van der Waals surface area contributed by atoms with E-state index in [1.54, 1.807) is 0 Å². The molecule has 4 aromatic rings. The van der Waals surface area contributed by atoms with E-state index in [9.17, 15) is 17.6 Å². The topological polar surface area (TPSA) is 91.7 Å². The summed E-state index contributed by atoms with van der Waals surface area (Å²) < 4.78 is 74.9. The third-order valence-electron chi connectivity index (χ3n) is 4.55. The van der Waals surface area contributed by atoms with Gasteiger partial charge >= 0.3 is 6.55 Å². The van der Waals surface area contributed by atoms with Crippen LogP contribution in [0.3, 0.4) is 0 Å². The molecule has 2 N–H and O–H groups in total. The van der Waals surface area contributed by atoms with Crippen LogP contribution in [0.15, 0.2) is 30.9 Å². The minimum Gasteiger partial charge on any atom is -0.482 e. The lowest BCUT2D eigenvalue weighted by molar-refractivity contribution is 0.0550. The van der Waals surface area contributed by atoms with Crippen LogP contribution in [0.5, 0.6) is 5.75 Å². The van der Waals surface area contributed by atoms with E-state index in [4.69, 9.17) is 22.1 Å². The van der Waals surface area contributed by atoms with Crippen molar-refractivity contribution in [3.05, 3.63) is 59.2 Å². The van der Waals surface area contributed by atoms with Gasteiger partial charge in [0.25, 0.3) is 0 Å². The molecule has 13 heteroatoms. The number of alkyl halides is 2. The molecule has 0 bridgehead atoms. The summed E-state index contributed by atoms with van der Waals surface area (Å²) in [5, 5.41) is 2.80. The van der Waals surface area contributed by atoms with Crippen molar-refractivity contribution in [3.8, 4) is 16.9 Å². The molecular formula is C19H12ClF5N6O. The molecule has 2 heterocycles. The van der Waals surface area contributed by atoms with E-state index in [0.717, 1.165) is 30.9 Å². The predicted molar refractivity (Wildman–Crippen MR) is 105 cm³/mol. The predicted octanol–water partition coefficient (Wildman–Crippen LogP) is 5.08. The molecule has 0 aliphatic carbocycles. The molecular weight excluding hydrogens is 459 g/mol. The van der Waals surface area contributed by atoms with Crippen LogP contribution in [0.25, 0.3) is 22.0 Å². The third-order valence-corrected chi connectivity index (χ3v) is 4.90. The van der Waals surface area contributed by atoms with Gasteiger partial charge in [0.1, 0.15) is 40.9 Å². The van der Waals surface area contributed by atoms with Crippen molar-refractivity contribution in [2.75, 3.05) is 5.73 Å². The Bertz CT molecular complexity index is 1330. The van der Waals surface area contributed by atoms with Gasteiger partial charge in [0, 0.05) is 17.2 Å². The summed E-state index contributed by atoms with van der Waals surface area (Å²) in [5.41, 5.74) is 5.11. The normalized spacial score (nSPS) is 12.5. The molecule has 4 rings (SSSR count). The summed E-state index contributed by atoms with van der Waals surface area (Å²) in [6.07, 6.45) is 0.850. The number of halogens is 6. The van der Waals surface area contributed by atoms with Gasteiger partial charge in [-0.1, -0.05) is 11.6 Å². The second kappa shape index (κ2) is 8.19. The Kier molecular flexibility index (Phi) is 5.55. The first-order valence-electron chi connectivity index (χ1n) is 8.91. The molecule has 0 aliphatic rings. The highest BCUT2D eigenvalue weighted by Gasteiger charge is 2.25. The number of hydrogen-bond acceptors (Lipinski definition) is 6. The SMILES string of the molecule is C[C@@H](Oc1cc(F)c(-c2ccc(F)c(Cl)c2F)c2ncnc(N)c12)c1ncn(C(F)F)n1. The maximum absolute atomic E-state index is 15.2. The van der Waals surface area contributed by atoms with E-state index < -0.39 is 35.1 Å². The Morgan fingerprint density at radius 2 is 1.84 bits per heavy atom. The van der Waals surface area contributed by atoms with Crippen molar-refractivity contribution in [2.45, 2.75) is 19.6 Å². The number of fused-ring (bicyclic) bond motifs is 1. The van der Waals surface area contributed by atoms with Crippen LogP contribution in [0.4, 0.5) is 27.8 Å².